The van der Waals surface area contributed by atoms with Gasteiger partial charge in [0.25, 0.3) is 0 Å². The van der Waals surface area contributed by atoms with Gasteiger partial charge in [-0.3, -0.25) is 5.32 Å². The van der Waals surface area contributed by atoms with Crippen LogP contribution in [-0.4, -0.2) is 20.2 Å². The van der Waals surface area contributed by atoms with E-state index in [-0.39, 0.29) is 16.3 Å². The van der Waals surface area contributed by atoms with E-state index in [0.717, 1.165) is 29.9 Å². The predicted octanol–water partition coefficient (Wildman–Crippen LogP) is 5.29. The van der Waals surface area contributed by atoms with Gasteiger partial charge < -0.3 is 5.32 Å². The molecule has 148 valence electrons. The van der Waals surface area contributed by atoms with Crippen LogP contribution in [0.25, 0.3) is 0 Å². The topological polar surface area (TPSA) is 75.3 Å². The second kappa shape index (κ2) is 8.30. The molecule has 0 spiro atoms. The van der Waals surface area contributed by atoms with E-state index in [1.54, 1.807) is 6.92 Å². The molecule has 1 aromatic heterocycles. The maximum absolute atomic E-state index is 12.7. The number of nitrogens with one attached hydrogen (secondary N) is 2. The predicted molar refractivity (Wildman–Crippen MR) is 100 cm³/mol. The minimum Gasteiger partial charge on any atom is -0.308 e. The Morgan fingerprint density at radius 1 is 1.22 bits per heavy atom. The summed E-state index contributed by atoms with van der Waals surface area (Å²) in [5.41, 5.74) is -0.487. The summed E-state index contributed by atoms with van der Waals surface area (Å²) >= 11 is 1.05. The monoisotopic (exact) mass is 420 g/mol. The minimum absolute atomic E-state index is 0.0210. The third-order valence-electron chi connectivity index (χ3n) is 3.77. The number of alkyl halides is 3. The molecule has 0 aliphatic heterocycles. The van der Waals surface area contributed by atoms with Crippen molar-refractivity contribution in [2.75, 3.05) is 16.4 Å². The van der Waals surface area contributed by atoms with Crippen LogP contribution < -0.4 is 10.6 Å². The fraction of sp³-hybridized carbons (Fsp3) is 0.353. The van der Waals surface area contributed by atoms with Gasteiger partial charge in [0.2, 0.25) is 0 Å². The molecule has 0 aliphatic rings. The zero-order valence-electron chi connectivity index (χ0n) is 14.7. The molecule has 10 heteroatoms. The number of sulfone groups is 1. The van der Waals surface area contributed by atoms with E-state index in [1.807, 2.05) is 6.92 Å². The Labute approximate surface area is 159 Å². The Kier molecular flexibility index (Phi) is 6.53. The fourth-order valence-electron chi connectivity index (χ4n) is 2.31. The maximum Gasteiger partial charge on any atom is 0.416 e. The van der Waals surface area contributed by atoms with E-state index in [2.05, 4.69) is 10.6 Å². The standard InChI is InChI=1S/C17H19F3N2O3S2/c1-3-4-8-27(24,25)14-10-26-15(11(14)2)22-16(23)21-13-7-5-6-12(9-13)17(18,19)20/h5-7,9-10H,3-4,8H2,1-2H3,(H2,21,22,23). The lowest BCUT2D eigenvalue weighted by atomic mass is 10.2. The number of unbranched alkanes of at least 4 members (excludes halogenated alkanes) is 1. The maximum atomic E-state index is 12.7. The molecule has 2 amide bonds. The average Bonchev–Trinajstić information content (AvgIpc) is 2.94. The van der Waals surface area contributed by atoms with Gasteiger partial charge in [-0.05, 0) is 31.5 Å². The van der Waals surface area contributed by atoms with Crippen molar-refractivity contribution in [3.8, 4) is 0 Å². The molecular formula is C17H19F3N2O3S2. The second-order valence-corrected chi connectivity index (χ2v) is 8.84. The Morgan fingerprint density at radius 3 is 2.56 bits per heavy atom. The summed E-state index contributed by atoms with van der Waals surface area (Å²) < 4.78 is 62.8. The summed E-state index contributed by atoms with van der Waals surface area (Å²) in [6, 6.07) is 3.49. The molecular weight excluding hydrogens is 401 g/mol. The molecule has 2 N–H and O–H groups in total. The Morgan fingerprint density at radius 2 is 1.93 bits per heavy atom. The van der Waals surface area contributed by atoms with Crippen molar-refractivity contribution >= 4 is 37.9 Å². The number of anilines is 2. The lowest BCUT2D eigenvalue weighted by Gasteiger charge is -2.10. The van der Waals surface area contributed by atoms with Crippen molar-refractivity contribution in [1.29, 1.82) is 0 Å². The quantitative estimate of drug-likeness (QED) is 0.666. The first-order chi connectivity index (χ1) is 12.5. The molecule has 0 radical (unpaired) electrons. The third-order valence-corrected chi connectivity index (χ3v) is 6.84. The minimum atomic E-state index is -4.51. The largest absolute Gasteiger partial charge is 0.416 e. The number of amides is 2. The molecule has 27 heavy (non-hydrogen) atoms. The highest BCUT2D eigenvalue weighted by molar-refractivity contribution is 7.91. The zero-order valence-corrected chi connectivity index (χ0v) is 16.3. The highest BCUT2D eigenvalue weighted by Gasteiger charge is 2.30. The van der Waals surface area contributed by atoms with Crippen molar-refractivity contribution in [1.82, 2.24) is 0 Å². The SMILES string of the molecule is CCCCS(=O)(=O)c1csc(NC(=O)Nc2cccc(C(F)(F)F)c2)c1C. The second-order valence-electron chi connectivity index (χ2n) is 5.88. The number of thiophene rings is 1. The lowest BCUT2D eigenvalue weighted by Crippen LogP contribution is -2.20. The van der Waals surface area contributed by atoms with Crippen LogP contribution >= 0.6 is 11.3 Å². The molecule has 5 nitrogen and oxygen atoms in total. The summed E-state index contributed by atoms with van der Waals surface area (Å²) in [5.74, 6) is 0.0247. The Balaban J connectivity index is 2.11. The van der Waals surface area contributed by atoms with Crippen molar-refractivity contribution in [3.63, 3.8) is 0 Å². The van der Waals surface area contributed by atoms with E-state index in [4.69, 9.17) is 0 Å². The molecule has 1 aromatic carbocycles. The van der Waals surface area contributed by atoms with Crippen LogP contribution in [0.5, 0.6) is 0 Å². The Bertz CT molecular complexity index is 922. The van der Waals surface area contributed by atoms with Gasteiger partial charge in [-0.2, -0.15) is 13.2 Å². The van der Waals surface area contributed by atoms with Gasteiger partial charge in [0.15, 0.2) is 9.84 Å². The zero-order chi connectivity index (χ0) is 20.2. The first-order valence-electron chi connectivity index (χ1n) is 8.10. The van der Waals surface area contributed by atoms with Crippen molar-refractivity contribution < 1.29 is 26.4 Å². The van der Waals surface area contributed by atoms with Gasteiger partial charge in [-0.15, -0.1) is 11.3 Å². The van der Waals surface area contributed by atoms with Gasteiger partial charge >= 0.3 is 12.2 Å². The van der Waals surface area contributed by atoms with E-state index >= 15 is 0 Å². The molecule has 1 heterocycles. The van der Waals surface area contributed by atoms with Crippen LogP contribution in [0.1, 0.15) is 30.9 Å². The number of urea groups is 1. The number of carbonyl (C=O) groups is 1. The number of halogens is 3. The molecule has 0 aliphatic carbocycles. The molecule has 0 unspecified atom stereocenters. The number of rotatable bonds is 6. The third kappa shape index (κ3) is 5.46. The molecule has 2 rings (SSSR count). The van der Waals surface area contributed by atoms with Gasteiger partial charge in [0.05, 0.1) is 16.2 Å². The van der Waals surface area contributed by atoms with Crippen LogP contribution in [0.4, 0.5) is 28.7 Å². The first-order valence-corrected chi connectivity index (χ1v) is 10.6. The smallest absolute Gasteiger partial charge is 0.308 e. The van der Waals surface area contributed by atoms with Crippen molar-refractivity contribution in [3.05, 3.63) is 40.8 Å². The van der Waals surface area contributed by atoms with Gasteiger partial charge in [0.1, 0.15) is 5.00 Å². The van der Waals surface area contributed by atoms with Crippen LogP contribution in [-0.2, 0) is 16.0 Å². The first kappa shape index (κ1) is 21.2. The lowest BCUT2D eigenvalue weighted by molar-refractivity contribution is -0.137. The highest BCUT2D eigenvalue weighted by Crippen LogP contribution is 2.32. The highest BCUT2D eigenvalue weighted by atomic mass is 32.2. The molecule has 0 saturated carbocycles. The number of hydrogen-bond donors (Lipinski definition) is 2. The number of hydrogen-bond acceptors (Lipinski definition) is 4. The van der Waals surface area contributed by atoms with Crippen LogP contribution in [0, 0.1) is 6.92 Å². The number of carbonyl (C=O) groups excluding carboxylic acids is 1. The molecule has 0 saturated heterocycles. The fourth-order valence-corrected chi connectivity index (χ4v) is 5.41. The van der Waals surface area contributed by atoms with Crippen molar-refractivity contribution in [2.24, 2.45) is 0 Å². The molecule has 2 aromatic rings. The van der Waals surface area contributed by atoms with Gasteiger partial charge in [-0.25, -0.2) is 13.2 Å². The van der Waals surface area contributed by atoms with Crippen LogP contribution in [0.3, 0.4) is 0 Å². The number of benzene rings is 1. The molecule has 0 bridgehead atoms. The summed E-state index contributed by atoms with van der Waals surface area (Å²) in [6.45, 7) is 3.47. The van der Waals surface area contributed by atoms with Crippen molar-refractivity contribution in [2.45, 2.75) is 37.8 Å². The average molecular weight is 420 g/mol. The summed E-state index contributed by atoms with van der Waals surface area (Å²) in [4.78, 5) is 12.2. The summed E-state index contributed by atoms with van der Waals surface area (Å²) in [7, 11) is -3.44. The van der Waals surface area contributed by atoms with Gasteiger partial charge in [0, 0.05) is 16.6 Å². The van der Waals surface area contributed by atoms with E-state index < -0.39 is 27.6 Å². The summed E-state index contributed by atoms with van der Waals surface area (Å²) in [6.07, 6.45) is -3.23. The van der Waals surface area contributed by atoms with E-state index in [9.17, 15) is 26.4 Å². The summed E-state index contributed by atoms with van der Waals surface area (Å²) in [5, 5.41) is 6.59. The molecule has 0 atom stereocenters. The molecule has 0 fully saturated rings. The van der Waals surface area contributed by atoms with E-state index in [0.29, 0.717) is 17.0 Å². The van der Waals surface area contributed by atoms with E-state index in [1.165, 1.54) is 17.5 Å². The normalized spacial score (nSPS) is 12.0. The van der Waals surface area contributed by atoms with Gasteiger partial charge in [-0.1, -0.05) is 19.4 Å². The van der Waals surface area contributed by atoms with Crippen LogP contribution in [0.15, 0.2) is 34.5 Å². The van der Waals surface area contributed by atoms with Crippen LogP contribution in [0.2, 0.25) is 0 Å². The Hall–Kier alpha value is -2.07.